The van der Waals surface area contributed by atoms with E-state index in [1.807, 2.05) is 0 Å². The van der Waals surface area contributed by atoms with E-state index in [9.17, 15) is 0 Å². The van der Waals surface area contributed by atoms with E-state index in [1.165, 1.54) is 127 Å². The Balaban J connectivity index is 0.888. The fraction of sp³-hybridized carbons (Fsp3) is 0.188. The molecule has 0 amide bonds. The Labute approximate surface area is 413 Å². The predicted octanol–water partition coefficient (Wildman–Crippen LogP) is 18.9. The molecule has 1 heteroatoms. The van der Waals surface area contributed by atoms with E-state index in [0.29, 0.717) is 5.41 Å². The first kappa shape index (κ1) is 41.5. The van der Waals surface area contributed by atoms with Crippen LogP contribution in [0, 0.1) is 17.8 Å². The Morgan fingerprint density at radius 1 is 0.357 bits per heavy atom. The summed E-state index contributed by atoms with van der Waals surface area (Å²) in [5.41, 5.74) is 20.5. The normalized spacial score (nSPS) is 20.4. The molecule has 5 aliphatic carbocycles. The molecule has 0 unspecified atom stereocenters. The molecule has 0 aliphatic heterocycles. The number of nitrogens with zero attached hydrogens (tertiary/aromatic N) is 1. The first-order chi connectivity index (χ1) is 34.3. The van der Waals surface area contributed by atoms with Crippen molar-refractivity contribution in [1.29, 1.82) is 0 Å². The van der Waals surface area contributed by atoms with Crippen molar-refractivity contribution in [1.82, 2.24) is 0 Å². The van der Waals surface area contributed by atoms with Crippen molar-refractivity contribution in [2.45, 2.75) is 63.2 Å². The van der Waals surface area contributed by atoms with Gasteiger partial charge in [0.2, 0.25) is 0 Å². The van der Waals surface area contributed by atoms with Crippen molar-refractivity contribution < 1.29 is 0 Å². The number of rotatable bonds is 8. The molecule has 0 radical (unpaired) electrons. The molecule has 10 aromatic rings. The van der Waals surface area contributed by atoms with Crippen LogP contribution in [0.4, 0.5) is 17.1 Å². The van der Waals surface area contributed by atoms with Crippen LogP contribution >= 0.6 is 0 Å². The van der Waals surface area contributed by atoms with Gasteiger partial charge in [-0.05, 0) is 186 Å². The standard InChI is InChI=1S/C69H57N/c1-68(2)65-20-8-7-17-62(65)63-35-34-57(41-66(63)68)70(56-32-27-53(28-33-56)59-18-9-13-51-11-3-5-15-58(51)59)67-36-29-54(40-64(67)61-19-10-14-52-12-4-6-16-60(52)61)50-23-21-48(22-24-50)49-25-30-55(31-26-49)69-42-45-37-46(43-69)39-47(38-45)44-69/h3-36,40-41,45-47H,37-39,42-44H2,1-2H3. The molecule has 5 aliphatic rings. The summed E-state index contributed by atoms with van der Waals surface area (Å²) in [6.07, 6.45) is 8.67. The van der Waals surface area contributed by atoms with Crippen molar-refractivity contribution in [3.63, 3.8) is 0 Å². The van der Waals surface area contributed by atoms with Crippen LogP contribution in [0.25, 0.3) is 77.2 Å². The SMILES string of the molecule is CC1(C)c2ccccc2-c2ccc(N(c3ccc(-c4cccc5ccccc45)cc3)c3ccc(-c4ccc(-c5ccc(C67CC8CC(CC(C8)C6)C7)cc5)cc4)cc3-c3cccc4ccccc34)cc21. The lowest BCUT2D eigenvalue weighted by Crippen LogP contribution is -2.48. The first-order valence-electron chi connectivity index (χ1n) is 25.8. The number of fused-ring (bicyclic) bond motifs is 5. The lowest BCUT2D eigenvalue weighted by molar-refractivity contribution is -0.00518. The molecule has 15 rings (SSSR count). The molecule has 10 aromatic carbocycles. The fourth-order valence-corrected chi connectivity index (χ4v) is 14.4. The molecule has 0 heterocycles. The highest BCUT2D eigenvalue weighted by molar-refractivity contribution is 6.03. The van der Waals surface area contributed by atoms with Crippen LogP contribution in [0.2, 0.25) is 0 Å². The summed E-state index contributed by atoms with van der Waals surface area (Å²) in [7, 11) is 0. The quantitative estimate of drug-likeness (QED) is 0.147. The van der Waals surface area contributed by atoms with Crippen LogP contribution in [0.1, 0.15) is 69.1 Å². The molecule has 4 fully saturated rings. The average molecular weight is 900 g/mol. The molecule has 4 bridgehead atoms. The maximum Gasteiger partial charge on any atom is 0.0540 e. The van der Waals surface area contributed by atoms with Crippen molar-refractivity contribution >= 4 is 38.6 Å². The predicted molar refractivity (Wildman–Crippen MR) is 295 cm³/mol. The molecule has 0 saturated heterocycles. The number of hydrogen-bond acceptors (Lipinski definition) is 1. The van der Waals surface area contributed by atoms with Gasteiger partial charge >= 0.3 is 0 Å². The maximum absolute atomic E-state index is 2.50. The highest BCUT2D eigenvalue weighted by Crippen LogP contribution is 2.61. The van der Waals surface area contributed by atoms with Gasteiger partial charge in [0.05, 0.1) is 5.69 Å². The number of anilines is 3. The minimum Gasteiger partial charge on any atom is -0.310 e. The van der Waals surface area contributed by atoms with E-state index < -0.39 is 0 Å². The van der Waals surface area contributed by atoms with Crippen molar-refractivity contribution in [3.05, 3.63) is 235 Å². The van der Waals surface area contributed by atoms with Crippen LogP contribution < -0.4 is 4.90 Å². The van der Waals surface area contributed by atoms with Gasteiger partial charge in [-0.15, -0.1) is 0 Å². The molecule has 0 N–H and O–H groups in total. The van der Waals surface area contributed by atoms with Crippen molar-refractivity contribution in [2.75, 3.05) is 4.90 Å². The summed E-state index contributed by atoms with van der Waals surface area (Å²) >= 11 is 0. The van der Waals surface area contributed by atoms with Gasteiger partial charge in [-0.3, -0.25) is 0 Å². The molecule has 1 nitrogen and oxygen atoms in total. The van der Waals surface area contributed by atoms with Crippen LogP contribution in [0.5, 0.6) is 0 Å². The molecular formula is C69H57N. The summed E-state index contributed by atoms with van der Waals surface area (Å²) in [6.45, 7) is 4.76. The van der Waals surface area contributed by atoms with E-state index in [1.54, 1.807) is 5.56 Å². The van der Waals surface area contributed by atoms with Crippen LogP contribution in [0.3, 0.4) is 0 Å². The third-order valence-corrected chi connectivity index (χ3v) is 17.5. The lowest BCUT2D eigenvalue weighted by atomic mass is 9.48. The van der Waals surface area contributed by atoms with Crippen LogP contribution in [-0.2, 0) is 10.8 Å². The summed E-state index contributed by atoms with van der Waals surface area (Å²) in [4.78, 5) is 2.50. The van der Waals surface area contributed by atoms with E-state index in [4.69, 9.17) is 0 Å². The zero-order chi connectivity index (χ0) is 46.6. The number of benzene rings is 10. The monoisotopic (exact) mass is 899 g/mol. The zero-order valence-electron chi connectivity index (χ0n) is 40.2. The largest absolute Gasteiger partial charge is 0.310 e. The van der Waals surface area contributed by atoms with Crippen LogP contribution in [-0.4, -0.2) is 0 Å². The lowest BCUT2D eigenvalue weighted by Gasteiger charge is -2.57. The Bertz CT molecular complexity index is 3600. The highest BCUT2D eigenvalue weighted by atomic mass is 15.1. The second-order valence-corrected chi connectivity index (χ2v) is 21.9. The molecule has 338 valence electrons. The molecule has 70 heavy (non-hydrogen) atoms. The van der Waals surface area contributed by atoms with Gasteiger partial charge in [0.15, 0.2) is 0 Å². The Hall–Kier alpha value is -7.48. The second-order valence-electron chi connectivity index (χ2n) is 21.9. The number of hydrogen-bond donors (Lipinski definition) is 0. The summed E-state index contributed by atoms with van der Waals surface area (Å²) in [5, 5.41) is 5.00. The van der Waals surface area contributed by atoms with Crippen LogP contribution in [0.15, 0.2) is 218 Å². The Kier molecular flexibility index (Phi) is 9.51. The van der Waals surface area contributed by atoms with E-state index in [0.717, 1.165) is 34.8 Å². The topological polar surface area (TPSA) is 3.24 Å². The van der Waals surface area contributed by atoms with E-state index in [-0.39, 0.29) is 5.41 Å². The van der Waals surface area contributed by atoms with Gasteiger partial charge in [0.1, 0.15) is 0 Å². The molecule has 0 spiro atoms. The zero-order valence-corrected chi connectivity index (χ0v) is 40.2. The van der Waals surface area contributed by atoms with E-state index >= 15 is 0 Å². The van der Waals surface area contributed by atoms with E-state index in [2.05, 4.69) is 237 Å². The molecule has 0 aromatic heterocycles. The van der Waals surface area contributed by atoms with Gasteiger partial charge in [-0.25, -0.2) is 0 Å². The minimum absolute atomic E-state index is 0.142. The second kappa shape index (κ2) is 16.0. The fourth-order valence-electron chi connectivity index (χ4n) is 14.4. The molecule has 4 saturated carbocycles. The van der Waals surface area contributed by atoms with Gasteiger partial charge < -0.3 is 4.90 Å². The van der Waals surface area contributed by atoms with Gasteiger partial charge in [-0.2, -0.15) is 0 Å². The summed E-state index contributed by atoms with van der Waals surface area (Å²) in [5.74, 6) is 2.86. The summed E-state index contributed by atoms with van der Waals surface area (Å²) in [6, 6.07) is 82.5. The van der Waals surface area contributed by atoms with Gasteiger partial charge in [0, 0.05) is 22.4 Å². The molecule has 0 atom stereocenters. The molecular weight excluding hydrogens is 843 g/mol. The highest BCUT2D eigenvalue weighted by Gasteiger charge is 2.51. The third-order valence-electron chi connectivity index (χ3n) is 17.5. The first-order valence-corrected chi connectivity index (χ1v) is 25.8. The Morgan fingerprint density at radius 3 is 1.51 bits per heavy atom. The minimum atomic E-state index is -0.142. The average Bonchev–Trinajstić information content (AvgIpc) is 3.63. The Morgan fingerprint density at radius 2 is 0.843 bits per heavy atom. The third kappa shape index (κ3) is 6.73. The maximum atomic E-state index is 2.50. The summed E-state index contributed by atoms with van der Waals surface area (Å²) < 4.78 is 0. The van der Waals surface area contributed by atoms with Gasteiger partial charge in [0.25, 0.3) is 0 Å². The smallest absolute Gasteiger partial charge is 0.0540 e. The van der Waals surface area contributed by atoms with Crippen molar-refractivity contribution in [2.24, 2.45) is 17.8 Å². The van der Waals surface area contributed by atoms with Crippen molar-refractivity contribution in [3.8, 4) is 55.6 Å². The van der Waals surface area contributed by atoms with Gasteiger partial charge in [-0.1, -0.05) is 196 Å².